The molecular weight excluding hydrogens is 274 g/mol. The predicted molar refractivity (Wildman–Crippen MR) is 67.9 cm³/mol. The van der Waals surface area contributed by atoms with Crippen molar-refractivity contribution in [3.8, 4) is 11.5 Å². The molecule has 19 heavy (non-hydrogen) atoms. The van der Waals surface area contributed by atoms with E-state index in [9.17, 15) is 13.6 Å². The number of hydrogen-bond donors (Lipinski definition) is 0. The van der Waals surface area contributed by atoms with Crippen LogP contribution in [0.4, 0.5) is 8.78 Å². The number of Topliss-reactive ketones (excluding diaryl/α,β-unsaturated/α-hetero) is 1. The Kier molecular flexibility index (Phi) is 3.81. The Labute approximate surface area is 113 Å². The van der Waals surface area contributed by atoms with Crippen LogP contribution in [-0.4, -0.2) is 5.78 Å². The molecule has 0 saturated heterocycles. The van der Waals surface area contributed by atoms with E-state index in [1.165, 1.54) is 31.2 Å². The van der Waals surface area contributed by atoms with Gasteiger partial charge in [0.15, 0.2) is 17.3 Å². The van der Waals surface area contributed by atoms with Crippen molar-refractivity contribution in [1.29, 1.82) is 0 Å². The van der Waals surface area contributed by atoms with E-state index in [-0.39, 0.29) is 27.9 Å². The summed E-state index contributed by atoms with van der Waals surface area (Å²) in [5, 5.41) is -0.0935. The zero-order valence-electron chi connectivity index (χ0n) is 9.91. The van der Waals surface area contributed by atoms with E-state index in [0.29, 0.717) is 0 Å². The molecule has 0 aliphatic heterocycles. The highest BCUT2D eigenvalue weighted by molar-refractivity contribution is 6.30. The number of hydrogen-bond acceptors (Lipinski definition) is 2. The average Bonchev–Trinajstić information content (AvgIpc) is 2.36. The molecule has 2 aromatic carbocycles. The fraction of sp³-hybridized carbons (Fsp3) is 0.0714. The maximum absolute atomic E-state index is 13.7. The van der Waals surface area contributed by atoms with Gasteiger partial charge in [0.05, 0.1) is 10.6 Å². The lowest BCUT2D eigenvalue weighted by Crippen LogP contribution is -1.99. The zero-order chi connectivity index (χ0) is 14.0. The predicted octanol–water partition coefficient (Wildman–Crippen LogP) is 4.61. The summed E-state index contributed by atoms with van der Waals surface area (Å²) in [5.74, 6) is -1.72. The highest BCUT2D eigenvalue weighted by Gasteiger charge is 2.14. The molecule has 0 atom stereocenters. The zero-order valence-corrected chi connectivity index (χ0v) is 10.7. The molecule has 0 N–H and O–H groups in total. The first-order valence-corrected chi connectivity index (χ1v) is 5.79. The summed E-state index contributed by atoms with van der Waals surface area (Å²) in [6.07, 6.45) is 0. The number of carbonyl (C=O) groups is 1. The van der Waals surface area contributed by atoms with Crippen molar-refractivity contribution in [2.24, 2.45) is 0 Å². The van der Waals surface area contributed by atoms with Gasteiger partial charge in [-0.15, -0.1) is 0 Å². The minimum atomic E-state index is -0.733. The standard InChI is InChI=1S/C14H9ClF2O2/c1-8(18)10-7-9(16)5-6-12(10)19-13-4-2-3-11(15)14(13)17/h2-7H,1H3. The maximum atomic E-state index is 13.7. The quantitative estimate of drug-likeness (QED) is 0.768. The molecule has 98 valence electrons. The molecule has 0 aromatic heterocycles. The second-order valence-corrected chi connectivity index (χ2v) is 4.26. The van der Waals surface area contributed by atoms with Crippen LogP contribution in [0.5, 0.6) is 11.5 Å². The van der Waals surface area contributed by atoms with Crippen LogP contribution in [0.3, 0.4) is 0 Å². The molecule has 0 spiro atoms. The first-order valence-electron chi connectivity index (χ1n) is 5.41. The Hall–Kier alpha value is -1.94. The molecule has 0 unspecified atom stereocenters. The van der Waals surface area contributed by atoms with Gasteiger partial charge in [-0.3, -0.25) is 4.79 Å². The normalized spacial score (nSPS) is 10.3. The van der Waals surface area contributed by atoms with Crippen molar-refractivity contribution in [3.05, 3.63) is 58.6 Å². The van der Waals surface area contributed by atoms with Crippen LogP contribution < -0.4 is 4.74 Å². The monoisotopic (exact) mass is 282 g/mol. The lowest BCUT2D eigenvalue weighted by molar-refractivity contribution is 0.101. The summed E-state index contributed by atoms with van der Waals surface area (Å²) in [6, 6.07) is 7.70. The molecule has 0 saturated carbocycles. The van der Waals surface area contributed by atoms with Crippen LogP contribution >= 0.6 is 11.6 Å². The fourth-order valence-corrected chi connectivity index (χ4v) is 1.71. The van der Waals surface area contributed by atoms with Crippen LogP contribution in [0.1, 0.15) is 17.3 Å². The number of ether oxygens (including phenoxy) is 1. The Morgan fingerprint density at radius 2 is 1.89 bits per heavy atom. The third kappa shape index (κ3) is 2.90. The van der Waals surface area contributed by atoms with E-state index < -0.39 is 11.6 Å². The minimum absolute atomic E-state index is 0.0411. The molecule has 2 aromatic rings. The highest BCUT2D eigenvalue weighted by Crippen LogP contribution is 2.31. The summed E-state index contributed by atoms with van der Waals surface area (Å²) in [4.78, 5) is 11.4. The number of ketones is 1. The molecule has 2 rings (SSSR count). The molecule has 0 aliphatic rings. The van der Waals surface area contributed by atoms with E-state index in [1.807, 2.05) is 0 Å². The first kappa shape index (κ1) is 13.5. The van der Waals surface area contributed by atoms with E-state index in [0.717, 1.165) is 12.1 Å². The van der Waals surface area contributed by atoms with E-state index in [1.54, 1.807) is 0 Å². The van der Waals surface area contributed by atoms with E-state index in [2.05, 4.69) is 0 Å². The molecule has 0 amide bonds. The summed E-state index contributed by atoms with van der Waals surface area (Å²) in [5.41, 5.74) is 0.0411. The Morgan fingerprint density at radius 3 is 2.58 bits per heavy atom. The van der Waals surface area contributed by atoms with Gasteiger partial charge in [-0.25, -0.2) is 8.78 Å². The number of carbonyl (C=O) groups excluding carboxylic acids is 1. The highest BCUT2D eigenvalue weighted by atomic mass is 35.5. The van der Waals surface area contributed by atoms with Gasteiger partial charge in [-0.2, -0.15) is 0 Å². The van der Waals surface area contributed by atoms with Gasteiger partial charge < -0.3 is 4.74 Å². The lowest BCUT2D eigenvalue weighted by atomic mass is 10.1. The maximum Gasteiger partial charge on any atom is 0.184 e. The lowest BCUT2D eigenvalue weighted by Gasteiger charge is -2.10. The molecule has 0 aliphatic carbocycles. The molecule has 0 radical (unpaired) electrons. The van der Waals surface area contributed by atoms with Gasteiger partial charge in [0.1, 0.15) is 11.6 Å². The Bertz CT molecular complexity index is 641. The summed E-state index contributed by atoms with van der Waals surface area (Å²) >= 11 is 5.63. The van der Waals surface area contributed by atoms with E-state index >= 15 is 0 Å². The molecule has 0 bridgehead atoms. The fourth-order valence-electron chi connectivity index (χ4n) is 1.55. The van der Waals surface area contributed by atoms with Gasteiger partial charge >= 0.3 is 0 Å². The molecule has 2 nitrogen and oxygen atoms in total. The summed E-state index contributed by atoms with van der Waals surface area (Å²) in [6.45, 7) is 1.27. The van der Waals surface area contributed by atoms with Crippen molar-refractivity contribution in [2.75, 3.05) is 0 Å². The van der Waals surface area contributed by atoms with Crippen LogP contribution in [0.15, 0.2) is 36.4 Å². The smallest absolute Gasteiger partial charge is 0.184 e. The molecule has 0 fully saturated rings. The average molecular weight is 283 g/mol. The van der Waals surface area contributed by atoms with Gasteiger partial charge in [-0.1, -0.05) is 17.7 Å². The van der Waals surface area contributed by atoms with Gasteiger partial charge in [0, 0.05) is 0 Å². The Morgan fingerprint density at radius 1 is 1.16 bits per heavy atom. The van der Waals surface area contributed by atoms with Gasteiger partial charge in [0.2, 0.25) is 0 Å². The largest absolute Gasteiger partial charge is 0.453 e. The third-order valence-corrected chi connectivity index (χ3v) is 2.75. The second-order valence-electron chi connectivity index (χ2n) is 3.85. The number of benzene rings is 2. The molecular formula is C14H9ClF2O2. The SMILES string of the molecule is CC(=O)c1cc(F)ccc1Oc1cccc(Cl)c1F. The Balaban J connectivity index is 2.44. The van der Waals surface area contributed by atoms with Crippen LogP contribution in [-0.2, 0) is 0 Å². The molecule has 5 heteroatoms. The van der Waals surface area contributed by atoms with Crippen LogP contribution in [0, 0.1) is 11.6 Å². The van der Waals surface area contributed by atoms with Crippen molar-refractivity contribution < 1.29 is 18.3 Å². The molecule has 0 heterocycles. The van der Waals surface area contributed by atoms with Crippen LogP contribution in [0.25, 0.3) is 0 Å². The van der Waals surface area contributed by atoms with E-state index in [4.69, 9.17) is 16.3 Å². The number of rotatable bonds is 3. The van der Waals surface area contributed by atoms with Crippen LogP contribution in [0.2, 0.25) is 5.02 Å². The summed E-state index contributed by atoms with van der Waals surface area (Å²) in [7, 11) is 0. The van der Waals surface area contributed by atoms with Gasteiger partial charge in [-0.05, 0) is 37.3 Å². The minimum Gasteiger partial charge on any atom is -0.453 e. The van der Waals surface area contributed by atoms with Gasteiger partial charge in [0.25, 0.3) is 0 Å². The third-order valence-electron chi connectivity index (χ3n) is 2.46. The summed E-state index contributed by atoms with van der Waals surface area (Å²) < 4.78 is 32.1. The second kappa shape index (κ2) is 5.36. The van der Waals surface area contributed by atoms with Crippen molar-refractivity contribution in [2.45, 2.75) is 6.92 Å². The van der Waals surface area contributed by atoms with Crippen molar-refractivity contribution >= 4 is 17.4 Å². The van der Waals surface area contributed by atoms with Crippen molar-refractivity contribution in [1.82, 2.24) is 0 Å². The first-order chi connectivity index (χ1) is 8.99. The topological polar surface area (TPSA) is 26.3 Å². The number of halogens is 3. The van der Waals surface area contributed by atoms with Crippen molar-refractivity contribution in [3.63, 3.8) is 0 Å².